The molecule has 0 radical (unpaired) electrons. The summed E-state index contributed by atoms with van der Waals surface area (Å²) in [5.74, 6) is -0.0771. The Kier molecular flexibility index (Phi) is 8.05. The standard InChI is InChI=1S/C21H24N4O2S/c1-15-7-6-9-17(16(15)2)23-20(26)13-25(3)14-21(27)24-18-8-4-5-10-19(18)28-12-11-22/h4-10H,12-14H2,1-3H3,(H,23,26)(H,24,27). The van der Waals surface area contributed by atoms with E-state index in [1.54, 1.807) is 18.0 Å². The zero-order valence-electron chi connectivity index (χ0n) is 16.3. The number of benzene rings is 2. The lowest BCUT2D eigenvalue weighted by Crippen LogP contribution is -2.36. The highest BCUT2D eigenvalue weighted by molar-refractivity contribution is 7.99. The third-order valence-corrected chi connectivity index (χ3v) is 5.10. The van der Waals surface area contributed by atoms with Crippen molar-refractivity contribution in [3.05, 3.63) is 53.6 Å². The number of hydrogen-bond donors (Lipinski definition) is 2. The molecule has 0 aliphatic carbocycles. The number of carbonyl (C=O) groups is 2. The number of rotatable bonds is 8. The van der Waals surface area contributed by atoms with Gasteiger partial charge in [-0.1, -0.05) is 24.3 Å². The predicted octanol–water partition coefficient (Wildman–Crippen LogP) is 3.43. The lowest BCUT2D eigenvalue weighted by molar-refractivity contribution is -0.119. The van der Waals surface area contributed by atoms with Gasteiger partial charge in [0.1, 0.15) is 0 Å². The fourth-order valence-corrected chi connectivity index (χ4v) is 3.29. The minimum atomic E-state index is -0.216. The average Bonchev–Trinajstić information content (AvgIpc) is 2.64. The Hall–Kier alpha value is -2.82. The maximum Gasteiger partial charge on any atom is 0.238 e. The molecule has 0 atom stereocenters. The van der Waals surface area contributed by atoms with Gasteiger partial charge >= 0.3 is 0 Å². The van der Waals surface area contributed by atoms with Crippen LogP contribution in [0.5, 0.6) is 0 Å². The van der Waals surface area contributed by atoms with Gasteiger partial charge in [0, 0.05) is 10.6 Å². The molecule has 0 aliphatic heterocycles. The summed E-state index contributed by atoms with van der Waals surface area (Å²) in [7, 11) is 1.72. The van der Waals surface area contributed by atoms with E-state index in [0.29, 0.717) is 11.4 Å². The van der Waals surface area contributed by atoms with Gasteiger partial charge in [-0.25, -0.2) is 0 Å². The normalized spacial score (nSPS) is 10.4. The second-order valence-electron chi connectivity index (χ2n) is 6.46. The number of likely N-dealkylation sites (N-methyl/N-ethyl adjacent to an activating group) is 1. The van der Waals surface area contributed by atoms with Gasteiger partial charge in [-0.2, -0.15) is 5.26 Å². The molecule has 0 aromatic heterocycles. The molecule has 0 spiro atoms. The smallest absolute Gasteiger partial charge is 0.238 e. The highest BCUT2D eigenvalue weighted by Crippen LogP contribution is 2.26. The summed E-state index contributed by atoms with van der Waals surface area (Å²) < 4.78 is 0. The number of hydrogen-bond acceptors (Lipinski definition) is 5. The van der Waals surface area contributed by atoms with Crippen molar-refractivity contribution in [2.45, 2.75) is 18.7 Å². The van der Waals surface area contributed by atoms with Gasteiger partial charge in [-0.15, -0.1) is 11.8 Å². The van der Waals surface area contributed by atoms with Gasteiger partial charge < -0.3 is 10.6 Å². The van der Waals surface area contributed by atoms with Gasteiger partial charge in [-0.3, -0.25) is 14.5 Å². The van der Waals surface area contributed by atoms with Crippen LogP contribution in [0, 0.1) is 25.2 Å². The van der Waals surface area contributed by atoms with Crippen LogP contribution in [-0.2, 0) is 9.59 Å². The first-order valence-electron chi connectivity index (χ1n) is 8.84. The van der Waals surface area contributed by atoms with E-state index < -0.39 is 0 Å². The van der Waals surface area contributed by atoms with Crippen molar-refractivity contribution in [2.24, 2.45) is 0 Å². The highest BCUT2D eigenvalue weighted by Gasteiger charge is 2.13. The number of thioether (sulfide) groups is 1. The van der Waals surface area contributed by atoms with E-state index in [1.807, 2.05) is 50.2 Å². The summed E-state index contributed by atoms with van der Waals surface area (Å²) in [4.78, 5) is 27.1. The molecule has 2 rings (SSSR count). The van der Waals surface area contributed by atoms with Crippen molar-refractivity contribution in [3.63, 3.8) is 0 Å². The Balaban J connectivity index is 1.88. The molecule has 0 saturated carbocycles. The fraction of sp³-hybridized carbons (Fsp3) is 0.286. The molecule has 146 valence electrons. The number of nitrogens with zero attached hydrogens (tertiary/aromatic N) is 2. The summed E-state index contributed by atoms with van der Waals surface area (Å²) in [6.45, 7) is 4.14. The molecule has 28 heavy (non-hydrogen) atoms. The molecule has 0 fully saturated rings. The topological polar surface area (TPSA) is 85.2 Å². The molecule has 6 nitrogen and oxygen atoms in total. The molecule has 0 heterocycles. The van der Waals surface area contributed by atoms with Gasteiger partial charge in [0.05, 0.1) is 30.6 Å². The Bertz CT molecular complexity index is 892. The lowest BCUT2D eigenvalue weighted by atomic mass is 10.1. The zero-order chi connectivity index (χ0) is 20.5. The molecule has 2 aromatic carbocycles. The number of nitriles is 1. The number of para-hydroxylation sites is 1. The Morgan fingerprint density at radius 1 is 1.00 bits per heavy atom. The first-order chi connectivity index (χ1) is 13.4. The van der Waals surface area contributed by atoms with Gasteiger partial charge in [0.2, 0.25) is 11.8 Å². The minimum Gasteiger partial charge on any atom is -0.325 e. The van der Waals surface area contributed by atoms with Crippen LogP contribution in [0.25, 0.3) is 0 Å². The number of aryl methyl sites for hydroxylation is 1. The van der Waals surface area contributed by atoms with Crippen molar-refractivity contribution in [1.82, 2.24) is 4.90 Å². The van der Waals surface area contributed by atoms with Gasteiger partial charge in [0.25, 0.3) is 0 Å². The molecule has 2 amide bonds. The maximum absolute atomic E-state index is 12.3. The molecule has 0 bridgehead atoms. The fourth-order valence-electron chi connectivity index (χ4n) is 2.62. The van der Waals surface area contributed by atoms with Crippen molar-refractivity contribution in [2.75, 3.05) is 36.5 Å². The predicted molar refractivity (Wildman–Crippen MR) is 113 cm³/mol. The van der Waals surface area contributed by atoms with E-state index in [4.69, 9.17) is 5.26 Å². The number of nitrogens with one attached hydrogen (secondary N) is 2. The minimum absolute atomic E-state index is 0.0808. The van der Waals surface area contributed by atoms with Crippen LogP contribution in [0.15, 0.2) is 47.4 Å². The number of anilines is 2. The first kappa shape index (κ1) is 21.5. The summed E-state index contributed by atoms with van der Waals surface area (Å²) in [6, 6.07) is 15.2. The molecule has 2 N–H and O–H groups in total. The molecule has 7 heteroatoms. The second-order valence-corrected chi connectivity index (χ2v) is 7.48. The van der Waals surface area contributed by atoms with E-state index in [9.17, 15) is 9.59 Å². The molecule has 2 aromatic rings. The van der Waals surface area contributed by atoms with Gasteiger partial charge in [0.15, 0.2) is 0 Å². The largest absolute Gasteiger partial charge is 0.325 e. The van der Waals surface area contributed by atoms with Crippen molar-refractivity contribution >= 4 is 35.0 Å². The van der Waals surface area contributed by atoms with Crippen LogP contribution in [0.4, 0.5) is 11.4 Å². The zero-order valence-corrected chi connectivity index (χ0v) is 17.1. The summed E-state index contributed by atoms with van der Waals surface area (Å²) in [5, 5.41) is 14.5. The van der Waals surface area contributed by atoms with Crippen molar-refractivity contribution in [3.8, 4) is 6.07 Å². The van der Waals surface area contributed by atoms with E-state index in [0.717, 1.165) is 21.7 Å². The monoisotopic (exact) mass is 396 g/mol. The van der Waals surface area contributed by atoms with Crippen molar-refractivity contribution < 1.29 is 9.59 Å². The molecule has 0 aliphatic rings. The van der Waals surface area contributed by atoms with E-state index in [-0.39, 0.29) is 24.9 Å². The van der Waals surface area contributed by atoms with E-state index in [2.05, 4.69) is 16.7 Å². The highest BCUT2D eigenvalue weighted by atomic mass is 32.2. The van der Waals surface area contributed by atoms with Crippen LogP contribution in [0.3, 0.4) is 0 Å². The van der Waals surface area contributed by atoms with Crippen LogP contribution >= 0.6 is 11.8 Å². The Morgan fingerprint density at radius 3 is 2.29 bits per heavy atom. The molecule has 0 saturated heterocycles. The summed E-state index contributed by atoms with van der Waals surface area (Å²) in [5.41, 5.74) is 3.59. The van der Waals surface area contributed by atoms with Crippen LogP contribution in [-0.4, -0.2) is 42.6 Å². The van der Waals surface area contributed by atoms with E-state index >= 15 is 0 Å². The molecular weight excluding hydrogens is 372 g/mol. The quantitative estimate of drug-likeness (QED) is 0.668. The van der Waals surface area contributed by atoms with Crippen molar-refractivity contribution in [1.29, 1.82) is 5.26 Å². The lowest BCUT2D eigenvalue weighted by Gasteiger charge is -2.17. The van der Waals surface area contributed by atoms with Crippen LogP contribution in [0.2, 0.25) is 0 Å². The molecule has 0 unspecified atom stereocenters. The third-order valence-electron chi connectivity index (χ3n) is 4.16. The Morgan fingerprint density at radius 2 is 1.61 bits per heavy atom. The number of carbonyl (C=O) groups excluding carboxylic acids is 2. The second kappa shape index (κ2) is 10.5. The molecular formula is C21H24N4O2S. The summed E-state index contributed by atoms with van der Waals surface area (Å²) >= 11 is 1.37. The average molecular weight is 397 g/mol. The third kappa shape index (κ3) is 6.41. The van der Waals surface area contributed by atoms with Crippen LogP contribution < -0.4 is 10.6 Å². The maximum atomic E-state index is 12.3. The number of amides is 2. The van der Waals surface area contributed by atoms with Gasteiger partial charge in [-0.05, 0) is 50.2 Å². The summed E-state index contributed by atoms with van der Waals surface area (Å²) in [6.07, 6.45) is 0. The first-order valence-corrected chi connectivity index (χ1v) is 9.82. The van der Waals surface area contributed by atoms with E-state index in [1.165, 1.54) is 11.8 Å². The SMILES string of the molecule is Cc1cccc(NC(=O)CN(C)CC(=O)Nc2ccccc2SCC#N)c1C. The van der Waals surface area contributed by atoms with Crippen LogP contribution in [0.1, 0.15) is 11.1 Å². The Labute approximate surface area is 169 Å².